The first-order chi connectivity index (χ1) is 14.0. The first kappa shape index (κ1) is 19.5. The van der Waals surface area contributed by atoms with E-state index in [4.69, 9.17) is 22.5 Å². The number of fused-ring (bicyclic) bond motifs is 1. The Kier molecular flexibility index (Phi) is 5.31. The van der Waals surface area contributed by atoms with Crippen molar-refractivity contribution in [2.75, 3.05) is 0 Å². The van der Waals surface area contributed by atoms with Crippen molar-refractivity contribution in [1.82, 2.24) is 24.5 Å². The monoisotopic (exact) mass is 417 g/mol. The minimum absolute atomic E-state index is 0.0425. The molecule has 0 bridgehead atoms. The van der Waals surface area contributed by atoms with Crippen molar-refractivity contribution < 1.29 is 9.60 Å². The SMILES string of the molecule is CC1CCC(Cn2cnc3nc(C(N)=NO)nc(-c4ccnc(Cl)c4F)c32)CC1. The largest absolute Gasteiger partial charge is 0.409 e. The molecular formula is C19H21ClFN7O. The van der Waals surface area contributed by atoms with Gasteiger partial charge in [-0.25, -0.2) is 24.3 Å². The molecule has 0 aliphatic heterocycles. The predicted octanol–water partition coefficient (Wildman–Crippen LogP) is 3.60. The second-order valence-corrected chi connectivity index (χ2v) is 7.90. The molecule has 3 N–H and O–H groups in total. The second-order valence-electron chi connectivity index (χ2n) is 7.54. The molecule has 0 amide bonds. The van der Waals surface area contributed by atoms with E-state index in [9.17, 15) is 4.39 Å². The molecule has 0 spiro atoms. The number of rotatable bonds is 4. The van der Waals surface area contributed by atoms with Gasteiger partial charge in [0, 0.05) is 18.3 Å². The highest BCUT2D eigenvalue weighted by molar-refractivity contribution is 6.29. The van der Waals surface area contributed by atoms with Crippen LogP contribution in [-0.4, -0.2) is 35.5 Å². The van der Waals surface area contributed by atoms with E-state index in [1.165, 1.54) is 25.1 Å². The Bertz CT molecular complexity index is 1080. The maximum Gasteiger partial charge on any atom is 0.208 e. The van der Waals surface area contributed by atoms with Crippen LogP contribution < -0.4 is 5.73 Å². The van der Waals surface area contributed by atoms with E-state index in [1.54, 1.807) is 6.33 Å². The Hall–Kier alpha value is -2.81. The van der Waals surface area contributed by atoms with Gasteiger partial charge in [0.1, 0.15) is 11.2 Å². The molecule has 1 saturated carbocycles. The first-order valence-corrected chi connectivity index (χ1v) is 9.86. The lowest BCUT2D eigenvalue weighted by molar-refractivity contribution is 0.266. The molecule has 3 heterocycles. The molecular weight excluding hydrogens is 397 g/mol. The minimum Gasteiger partial charge on any atom is -0.409 e. The summed E-state index contributed by atoms with van der Waals surface area (Å²) in [6, 6.07) is 1.48. The van der Waals surface area contributed by atoms with Crippen LogP contribution in [0, 0.1) is 17.7 Å². The summed E-state index contributed by atoms with van der Waals surface area (Å²) in [5.41, 5.74) is 7.03. The predicted molar refractivity (Wildman–Crippen MR) is 107 cm³/mol. The topological polar surface area (TPSA) is 115 Å². The number of aromatic nitrogens is 5. The van der Waals surface area contributed by atoms with Gasteiger partial charge >= 0.3 is 0 Å². The molecule has 1 aliphatic rings. The number of hydrogen-bond donors (Lipinski definition) is 2. The minimum atomic E-state index is -0.695. The van der Waals surface area contributed by atoms with Crippen molar-refractivity contribution in [3.8, 4) is 11.3 Å². The lowest BCUT2D eigenvalue weighted by Crippen LogP contribution is -2.19. The van der Waals surface area contributed by atoms with Crippen LogP contribution in [-0.2, 0) is 6.54 Å². The molecule has 0 aromatic carbocycles. The Morgan fingerprint density at radius 2 is 2.07 bits per heavy atom. The molecule has 29 heavy (non-hydrogen) atoms. The third-order valence-corrected chi connectivity index (χ3v) is 5.76. The van der Waals surface area contributed by atoms with E-state index >= 15 is 0 Å². The highest BCUT2D eigenvalue weighted by Gasteiger charge is 2.23. The van der Waals surface area contributed by atoms with Crippen molar-refractivity contribution >= 4 is 28.6 Å². The number of oxime groups is 1. The normalized spacial score (nSPS) is 20.3. The fourth-order valence-corrected chi connectivity index (χ4v) is 4.01. The number of amidine groups is 1. The molecule has 4 rings (SSSR count). The molecule has 152 valence electrons. The summed E-state index contributed by atoms with van der Waals surface area (Å²) in [5, 5.41) is 11.7. The van der Waals surface area contributed by atoms with Gasteiger partial charge in [-0.1, -0.05) is 36.5 Å². The number of imidazole rings is 1. The molecule has 0 unspecified atom stereocenters. The van der Waals surface area contributed by atoms with Gasteiger partial charge in [-0.3, -0.25) is 0 Å². The lowest BCUT2D eigenvalue weighted by atomic mass is 9.83. The molecule has 3 aromatic rings. The molecule has 1 aliphatic carbocycles. The molecule has 0 atom stereocenters. The van der Waals surface area contributed by atoms with Gasteiger partial charge < -0.3 is 15.5 Å². The zero-order chi connectivity index (χ0) is 20.5. The van der Waals surface area contributed by atoms with Crippen LogP contribution in [0.5, 0.6) is 0 Å². The van der Waals surface area contributed by atoms with Gasteiger partial charge in [0.05, 0.1) is 6.33 Å². The van der Waals surface area contributed by atoms with Gasteiger partial charge in [-0.05, 0) is 30.7 Å². The smallest absolute Gasteiger partial charge is 0.208 e. The zero-order valence-corrected chi connectivity index (χ0v) is 16.6. The molecule has 0 radical (unpaired) electrons. The van der Waals surface area contributed by atoms with Gasteiger partial charge in [-0.15, -0.1) is 0 Å². The van der Waals surface area contributed by atoms with Gasteiger partial charge in [-0.2, -0.15) is 0 Å². The van der Waals surface area contributed by atoms with Gasteiger partial charge in [0.15, 0.2) is 16.6 Å². The third-order valence-electron chi connectivity index (χ3n) is 5.50. The van der Waals surface area contributed by atoms with E-state index in [0.717, 1.165) is 25.3 Å². The number of halogens is 2. The van der Waals surface area contributed by atoms with Gasteiger partial charge in [0.2, 0.25) is 11.7 Å². The number of hydrogen-bond acceptors (Lipinski definition) is 6. The summed E-state index contributed by atoms with van der Waals surface area (Å²) in [5.74, 6) is 0.231. The second kappa shape index (κ2) is 7.90. The third kappa shape index (κ3) is 3.74. The van der Waals surface area contributed by atoms with Crippen LogP contribution in [0.3, 0.4) is 0 Å². The summed E-state index contributed by atoms with van der Waals surface area (Å²) in [7, 11) is 0. The standard InChI is InChI=1S/C19H21ClFN7O/c1-10-2-4-11(5-3-10)8-28-9-24-18-15(28)14(25-19(26-18)17(22)27-29)12-6-7-23-16(20)13(12)21/h6-7,9-11,29H,2-5,8H2,1H3,(H2,22,27). The fourth-order valence-electron chi connectivity index (χ4n) is 3.86. The first-order valence-electron chi connectivity index (χ1n) is 9.49. The lowest BCUT2D eigenvalue weighted by Gasteiger charge is -2.26. The van der Waals surface area contributed by atoms with Crippen LogP contribution >= 0.6 is 11.6 Å². The van der Waals surface area contributed by atoms with Crippen LogP contribution in [0.1, 0.15) is 38.4 Å². The highest BCUT2D eigenvalue weighted by Crippen LogP contribution is 2.33. The zero-order valence-electron chi connectivity index (χ0n) is 15.9. The van der Waals surface area contributed by atoms with E-state index < -0.39 is 5.82 Å². The van der Waals surface area contributed by atoms with Crippen LogP contribution in [0.25, 0.3) is 22.4 Å². The van der Waals surface area contributed by atoms with Crippen molar-refractivity contribution in [3.05, 3.63) is 35.4 Å². The summed E-state index contributed by atoms with van der Waals surface area (Å²) >= 11 is 5.89. The Labute approximate surface area is 171 Å². The molecule has 1 fully saturated rings. The Balaban J connectivity index is 1.86. The average molecular weight is 418 g/mol. The van der Waals surface area contributed by atoms with Crippen molar-refractivity contribution in [2.45, 2.75) is 39.2 Å². The Morgan fingerprint density at radius 3 is 2.79 bits per heavy atom. The Morgan fingerprint density at radius 1 is 1.31 bits per heavy atom. The molecule has 0 saturated heterocycles. The molecule has 3 aromatic heterocycles. The maximum atomic E-state index is 14.8. The van der Waals surface area contributed by atoms with Crippen LogP contribution in [0.15, 0.2) is 23.7 Å². The summed E-state index contributed by atoms with van der Waals surface area (Å²) in [4.78, 5) is 16.8. The van der Waals surface area contributed by atoms with Crippen LogP contribution in [0.4, 0.5) is 4.39 Å². The van der Waals surface area contributed by atoms with Gasteiger partial charge in [0.25, 0.3) is 0 Å². The number of nitrogens with zero attached hydrogens (tertiary/aromatic N) is 6. The molecule has 10 heteroatoms. The highest BCUT2D eigenvalue weighted by atomic mass is 35.5. The average Bonchev–Trinajstić information content (AvgIpc) is 3.13. The van der Waals surface area contributed by atoms with E-state index in [2.05, 4.69) is 32.0 Å². The molecule has 8 nitrogen and oxygen atoms in total. The van der Waals surface area contributed by atoms with Crippen molar-refractivity contribution in [2.24, 2.45) is 22.7 Å². The van der Waals surface area contributed by atoms with E-state index in [1.807, 2.05) is 4.57 Å². The number of pyridine rings is 1. The summed E-state index contributed by atoms with van der Waals surface area (Å²) < 4.78 is 16.7. The van der Waals surface area contributed by atoms with Crippen molar-refractivity contribution in [1.29, 1.82) is 0 Å². The summed E-state index contributed by atoms with van der Waals surface area (Å²) in [6.07, 6.45) is 7.74. The van der Waals surface area contributed by atoms with Crippen molar-refractivity contribution in [3.63, 3.8) is 0 Å². The fraction of sp³-hybridized carbons (Fsp3) is 0.421. The van der Waals surface area contributed by atoms with E-state index in [0.29, 0.717) is 17.1 Å². The van der Waals surface area contributed by atoms with Crippen LogP contribution in [0.2, 0.25) is 5.15 Å². The van der Waals surface area contributed by atoms with E-state index in [-0.39, 0.29) is 28.1 Å². The summed E-state index contributed by atoms with van der Waals surface area (Å²) in [6.45, 7) is 3.02. The quantitative estimate of drug-likeness (QED) is 0.220. The number of nitrogens with two attached hydrogens (primary N) is 1. The maximum absolute atomic E-state index is 14.8.